The topological polar surface area (TPSA) is 87.5 Å². The molecule has 0 saturated heterocycles. The van der Waals surface area contributed by atoms with Crippen LogP contribution in [0.3, 0.4) is 0 Å². The summed E-state index contributed by atoms with van der Waals surface area (Å²) in [4.78, 5) is 24.7. The van der Waals surface area contributed by atoms with Crippen molar-refractivity contribution in [2.24, 2.45) is 0 Å². The Balaban J connectivity index is 1.49. The molecule has 0 spiro atoms. The van der Waals surface area contributed by atoms with Crippen molar-refractivity contribution in [3.05, 3.63) is 59.9 Å². The van der Waals surface area contributed by atoms with Gasteiger partial charge in [-0.2, -0.15) is 5.10 Å². The van der Waals surface area contributed by atoms with Gasteiger partial charge in [0, 0.05) is 23.6 Å². The number of nitrogens with zero attached hydrogens (tertiary/aromatic N) is 2. The first-order valence-electron chi connectivity index (χ1n) is 9.02. The second kappa shape index (κ2) is 7.11. The molecule has 1 aliphatic carbocycles. The van der Waals surface area contributed by atoms with Crippen molar-refractivity contribution in [1.82, 2.24) is 14.9 Å². The maximum absolute atomic E-state index is 12.7. The molecular formula is C20H21N5O2. The highest BCUT2D eigenvalue weighted by Gasteiger charge is 2.19. The molecule has 1 saturated carbocycles. The number of nitrogens with one attached hydrogen (secondary N) is 3. The minimum absolute atomic E-state index is 0.219. The van der Waals surface area contributed by atoms with E-state index in [4.69, 9.17) is 0 Å². The smallest absolute Gasteiger partial charge is 0.319 e. The average Bonchev–Trinajstić information content (AvgIpc) is 3.05. The predicted octanol–water partition coefficient (Wildman–Crippen LogP) is 3.57. The van der Waals surface area contributed by atoms with Crippen molar-refractivity contribution in [3.8, 4) is 0 Å². The molecule has 7 heteroatoms. The third kappa shape index (κ3) is 3.62. The highest BCUT2D eigenvalue weighted by atomic mass is 16.2. The van der Waals surface area contributed by atoms with Crippen LogP contribution in [0.1, 0.15) is 35.2 Å². The van der Waals surface area contributed by atoms with E-state index in [2.05, 4.69) is 21.0 Å². The Morgan fingerprint density at radius 1 is 1.15 bits per heavy atom. The summed E-state index contributed by atoms with van der Waals surface area (Å²) < 4.78 is 1.66. The van der Waals surface area contributed by atoms with Crippen molar-refractivity contribution in [3.63, 3.8) is 0 Å². The molecule has 7 nitrogen and oxygen atoms in total. The molecule has 4 rings (SSSR count). The van der Waals surface area contributed by atoms with E-state index < -0.39 is 0 Å². The zero-order valence-corrected chi connectivity index (χ0v) is 15.0. The number of hydrogen-bond acceptors (Lipinski definition) is 3. The number of amides is 3. The van der Waals surface area contributed by atoms with Gasteiger partial charge in [0.15, 0.2) is 0 Å². The molecule has 138 valence electrons. The molecule has 3 N–H and O–H groups in total. The standard InChI is InChI=1S/C20H21N5O2/c1-13-8-9-15(23-20(27)22-14-5-4-6-14)11-17(13)24-19(26)16-12-21-25-10-3-2-7-18(16)25/h2-3,7-12,14H,4-6H2,1H3,(H,24,26)(H2,22,23,27). The highest BCUT2D eigenvalue weighted by molar-refractivity contribution is 6.09. The number of urea groups is 1. The molecule has 3 amide bonds. The zero-order valence-electron chi connectivity index (χ0n) is 15.0. The number of carbonyl (C=O) groups is 2. The Kier molecular flexibility index (Phi) is 4.50. The van der Waals surface area contributed by atoms with Crippen LogP contribution < -0.4 is 16.0 Å². The third-order valence-corrected chi connectivity index (χ3v) is 4.86. The molecule has 2 heterocycles. The summed E-state index contributed by atoms with van der Waals surface area (Å²) in [6, 6.07) is 11.1. The van der Waals surface area contributed by atoms with Gasteiger partial charge in [-0.3, -0.25) is 4.79 Å². The summed E-state index contributed by atoms with van der Waals surface area (Å²) in [7, 11) is 0. The fraction of sp³-hybridized carbons (Fsp3) is 0.250. The first kappa shape index (κ1) is 17.1. The number of carbonyl (C=O) groups excluding carboxylic acids is 2. The van der Waals surface area contributed by atoms with Crippen molar-refractivity contribution in [2.45, 2.75) is 32.2 Å². The van der Waals surface area contributed by atoms with Crippen molar-refractivity contribution in [1.29, 1.82) is 0 Å². The molecule has 2 aromatic heterocycles. The Bertz CT molecular complexity index is 1010. The van der Waals surface area contributed by atoms with Crippen LogP contribution in [0.4, 0.5) is 16.2 Å². The quantitative estimate of drug-likeness (QED) is 0.662. The Labute approximate surface area is 156 Å². The lowest BCUT2D eigenvalue weighted by Crippen LogP contribution is -2.41. The normalized spacial score (nSPS) is 13.8. The molecule has 1 fully saturated rings. The van der Waals surface area contributed by atoms with E-state index in [9.17, 15) is 9.59 Å². The van der Waals surface area contributed by atoms with E-state index >= 15 is 0 Å². The van der Waals surface area contributed by atoms with Gasteiger partial charge in [-0.25, -0.2) is 9.31 Å². The fourth-order valence-corrected chi connectivity index (χ4v) is 3.04. The Morgan fingerprint density at radius 3 is 2.78 bits per heavy atom. The van der Waals surface area contributed by atoms with Crippen LogP contribution in [0.5, 0.6) is 0 Å². The van der Waals surface area contributed by atoms with Gasteiger partial charge in [0.05, 0.1) is 17.3 Å². The second-order valence-corrected chi connectivity index (χ2v) is 6.80. The largest absolute Gasteiger partial charge is 0.335 e. The number of rotatable bonds is 4. The lowest BCUT2D eigenvalue weighted by molar-refractivity contribution is 0.102. The first-order valence-corrected chi connectivity index (χ1v) is 9.02. The summed E-state index contributed by atoms with van der Waals surface area (Å²) >= 11 is 0. The van der Waals surface area contributed by atoms with Gasteiger partial charge in [0.25, 0.3) is 5.91 Å². The van der Waals surface area contributed by atoms with Gasteiger partial charge in [-0.15, -0.1) is 0 Å². The summed E-state index contributed by atoms with van der Waals surface area (Å²) in [5.74, 6) is -0.240. The van der Waals surface area contributed by atoms with Crippen LogP contribution in [0, 0.1) is 6.92 Å². The maximum atomic E-state index is 12.7. The average molecular weight is 363 g/mol. The minimum Gasteiger partial charge on any atom is -0.335 e. The summed E-state index contributed by atoms with van der Waals surface area (Å²) in [6.07, 6.45) is 6.57. The van der Waals surface area contributed by atoms with Crippen molar-refractivity contribution in [2.75, 3.05) is 10.6 Å². The summed E-state index contributed by atoms with van der Waals surface area (Å²) in [6.45, 7) is 1.91. The molecule has 1 aliphatic rings. The van der Waals surface area contributed by atoms with E-state index in [0.29, 0.717) is 16.9 Å². The SMILES string of the molecule is Cc1ccc(NC(=O)NC2CCC2)cc1NC(=O)c1cnn2ccccc12. The van der Waals surface area contributed by atoms with Crippen LogP contribution >= 0.6 is 0 Å². The number of aryl methyl sites for hydroxylation is 1. The van der Waals surface area contributed by atoms with Crippen LogP contribution in [0.15, 0.2) is 48.8 Å². The summed E-state index contributed by atoms with van der Waals surface area (Å²) in [5, 5.41) is 12.9. The van der Waals surface area contributed by atoms with Crippen molar-refractivity contribution < 1.29 is 9.59 Å². The zero-order chi connectivity index (χ0) is 18.8. The van der Waals surface area contributed by atoms with Crippen LogP contribution in [0.2, 0.25) is 0 Å². The summed E-state index contributed by atoms with van der Waals surface area (Å²) in [5.41, 5.74) is 3.42. The molecule has 0 unspecified atom stereocenters. The molecule has 27 heavy (non-hydrogen) atoms. The lowest BCUT2D eigenvalue weighted by Gasteiger charge is -2.26. The number of aromatic nitrogens is 2. The van der Waals surface area contributed by atoms with Crippen LogP contribution in [0.25, 0.3) is 5.52 Å². The van der Waals surface area contributed by atoms with E-state index in [1.165, 1.54) is 0 Å². The molecular weight excluding hydrogens is 342 g/mol. The molecule has 0 radical (unpaired) electrons. The van der Waals surface area contributed by atoms with Gasteiger partial charge in [0.2, 0.25) is 0 Å². The Hall–Kier alpha value is -3.35. The third-order valence-electron chi connectivity index (χ3n) is 4.86. The molecule has 1 aromatic carbocycles. The van der Waals surface area contributed by atoms with E-state index in [1.54, 1.807) is 23.0 Å². The molecule has 0 aliphatic heterocycles. The number of pyridine rings is 1. The molecule has 3 aromatic rings. The Morgan fingerprint density at radius 2 is 2.00 bits per heavy atom. The minimum atomic E-state index is -0.240. The lowest BCUT2D eigenvalue weighted by atomic mass is 9.93. The van der Waals surface area contributed by atoms with Gasteiger partial charge >= 0.3 is 6.03 Å². The van der Waals surface area contributed by atoms with Crippen LogP contribution in [-0.4, -0.2) is 27.6 Å². The van der Waals surface area contributed by atoms with Gasteiger partial charge < -0.3 is 16.0 Å². The van der Waals surface area contributed by atoms with E-state index in [1.807, 2.05) is 37.3 Å². The number of hydrogen-bond donors (Lipinski definition) is 3. The first-order chi connectivity index (χ1) is 13.1. The molecule has 0 atom stereocenters. The van der Waals surface area contributed by atoms with Crippen LogP contribution in [-0.2, 0) is 0 Å². The predicted molar refractivity (Wildman–Crippen MR) is 104 cm³/mol. The monoisotopic (exact) mass is 363 g/mol. The molecule has 0 bridgehead atoms. The maximum Gasteiger partial charge on any atom is 0.319 e. The second-order valence-electron chi connectivity index (χ2n) is 6.80. The highest BCUT2D eigenvalue weighted by Crippen LogP contribution is 2.23. The van der Waals surface area contributed by atoms with Gasteiger partial charge in [-0.1, -0.05) is 12.1 Å². The van der Waals surface area contributed by atoms with E-state index in [0.717, 1.165) is 30.3 Å². The van der Waals surface area contributed by atoms with Crippen molar-refractivity contribution >= 4 is 28.8 Å². The van der Waals surface area contributed by atoms with Gasteiger partial charge in [0.1, 0.15) is 0 Å². The number of anilines is 2. The number of benzene rings is 1. The number of fused-ring (bicyclic) bond motifs is 1. The van der Waals surface area contributed by atoms with E-state index in [-0.39, 0.29) is 18.0 Å². The fourth-order valence-electron chi connectivity index (χ4n) is 3.04. The van der Waals surface area contributed by atoms with Gasteiger partial charge in [-0.05, 0) is 56.0 Å².